The number of primary amides is 1. The number of carbonyl (C=O) groups is 1. The van der Waals surface area contributed by atoms with Gasteiger partial charge in [-0.3, -0.25) is 4.79 Å². The summed E-state index contributed by atoms with van der Waals surface area (Å²) in [7, 11) is 0. The predicted octanol–water partition coefficient (Wildman–Crippen LogP) is -1.75. The second-order valence-corrected chi connectivity index (χ2v) is 1.47. The highest BCUT2D eigenvalue weighted by Crippen LogP contribution is 2.01. The Bertz CT molecular complexity index is 205. The number of hydrogen-bond donors (Lipinski definition) is 2. The zero-order valence-electron chi connectivity index (χ0n) is 4.53. The molecule has 0 fully saturated rings. The van der Waals surface area contributed by atoms with E-state index in [1.165, 1.54) is 6.34 Å². The van der Waals surface area contributed by atoms with Gasteiger partial charge in [0.15, 0.2) is 11.5 Å². The molecule has 5 heteroatoms. The summed E-state index contributed by atoms with van der Waals surface area (Å²) in [6.07, 6.45) is 1.19. The molecule has 0 aliphatic carbocycles. The standard InChI is InChI=1S/C4H5N4O/c5-3-2(4(6)9)7-1-8-3/h1H,5H2,(H2,6,9). The molecule has 0 aromatic heterocycles. The molecule has 4 N–H and O–H groups in total. The van der Waals surface area contributed by atoms with Crippen LogP contribution in [0.4, 0.5) is 0 Å². The van der Waals surface area contributed by atoms with Crippen molar-refractivity contribution >= 4 is 12.2 Å². The summed E-state index contributed by atoms with van der Waals surface area (Å²) in [5.41, 5.74) is 10.0. The minimum absolute atomic E-state index is 0.0370. The van der Waals surface area contributed by atoms with Crippen LogP contribution in [-0.4, -0.2) is 12.2 Å². The second-order valence-electron chi connectivity index (χ2n) is 1.47. The van der Waals surface area contributed by atoms with Crippen LogP contribution in [0.15, 0.2) is 16.5 Å². The zero-order valence-corrected chi connectivity index (χ0v) is 4.53. The van der Waals surface area contributed by atoms with E-state index in [0.717, 1.165) is 0 Å². The first-order chi connectivity index (χ1) is 4.22. The minimum Gasteiger partial charge on any atom is -0.382 e. The molecular formula is C4H5N4O. The average molecular weight is 125 g/mol. The third-order valence-corrected chi connectivity index (χ3v) is 0.860. The second kappa shape index (κ2) is 1.77. The largest absolute Gasteiger partial charge is 0.382 e. The van der Waals surface area contributed by atoms with Crippen LogP contribution in [0, 0.1) is 0 Å². The maximum absolute atomic E-state index is 10.3. The van der Waals surface area contributed by atoms with Crippen molar-refractivity contribution in [3.8, 4) is 0 Å². The monoisotopic (exact) mass is 125 g/mol. The highest BCUT2D eigenvalue weighted by atomic mass is 16.1. The molecule has 0 aromatic rings. The fraction of sp³-hybridized carbons (Fsp3) is 0. The lowest BCUT2D eigenvalue weighted by atomic mass is 10.4. The van der Waals surface area contributed by atoms with E-state index in [1.54, 1.807) is 0 Å². The van der Waals surface area contributed by atoms with Crippen LogP contribution in [-0.2, 0) is 4.79 Å². The number of nitrogens with zero attached hydrogens (tertiary/aromatic N) is 2. The van der Waals surface area contributed by atoms with E-state index in [9.17, 15) is 4.79 Å². The number of amides is 1. The van der Waals surface area contributed by atoms with Gasteiger partial charge in [0.25, 0.3) is 5.91 Å². The Kier molecular flexibility index (Phi) is 1.11. The summed E-state index contributed by atoms with van der Waals surface area (Å²) in [5.74, 6) is -0.562. The molecule has 1 aliphatic heterocycles. The Morgan fingerprint density at radius 1 is 1.67 bits per heavy atom. The predicted molar refractivity (Wildman–Crippen MR) is 31.0 cm³/mol. The Morgan fingerprint density at radius 2 is 2.33 bits per heavy atom. The first-order valence-electron chi connectivity index (χ1n) is 2.25. The molecule has 5 nitrogen and oxygen atoms in total. The zero-order chi connectivity index (χ0) is 6.85. The van der Waals surface area contributed by atoms with Crippen molar-refractivity contribution in [1.82, 2.24) is 5.32 Å². The molecule has 0 spiro atoms. The van der Waals surface area contributed by atoms with Crippen molar-refractivity contribution in [3.05, 3.63) is 11.5 Å². The van der Waals surface area contributed by atoms with Crippen molar-refractivity contribution in [3.63, 3.8) is 0 Å². The van der Waals surface area contributed by atoms with E-state index in [4.69, 9.17) is 11.5 Å². The first kappa shape index (κ1) is 5.61. The normalized spacial score (nSPS) is 16.0. The average Bonchev–Trinajstić information content (AvgIpc) is 2.13. The fourth-order valence-electron chi connectivity index (χ4n) is 0.466. The van der Waals surface area contributed by atoms with E-state index in [1.807, 2.05) is 0 Å². The number of rotatable bonds is 1. The third kappa shape index (κ3) is 0.835. The molecule has 1 radical (unpaired) electrons. The van der Waals surface area contributed by atoms with Gasteiger partial charge >= 0.3 is 0 Å². The van der Waals surface area contributed by atoms with Crippen LogP contribution in [0.3, 0.4) is 0 Å². The van der Waals surface area contributed by atoms with Gasteiger partial charge in [0.05, 0.1) is 0 Å². The number of hydrogen-bond acceptors (Lipinski definition) is 3. The van der Waals surface area contributed by atoms with Crippen LogP contribution < -0.4 is 16.8 Å². The molecule has 1 rings (SSSR count). The highest BCUT2D eigenvalue weighted by molar-refractivity contribution is 5.95. The van der Waals surface area contributed by atoms with Crippen LogP contribution in [0.25, 0.3) is 0 Å². The molecule has 47 valence electrons. The fourth-order valence-corrected chi connectivity index (χ4v) is 0.466. The summed E-state index contributed by atoms with van der Waals surface area (Å²) in [6, 6.07) is 0. The third-order valence-electron chi connectivity index (χ3n) is 0.860. The number of aliphatic imine (C=N–C) groups is 1. The molecule has 0 unspecified atom stereocenters. The lowest BCUT2D eigenvalue weighted by Gasteiger charge is -1.90. The summed E-state index contributed by atoms with van der Waals surface area (Å²) in [4.78, 5) is 13.8. The molecule has 0 bridgehead atoms. The van der Waals surface area contributed by atoms with Gasteiger partial charge in [-0.2, -0.15) is 0 Å². The van der Waals surface area contributed by atoms with Gasteiger partial charge in [0, 0.05) is 0 Å². The molecule has 1 aliphatic rings. The topological polar surface area (TPSA) is 95.6 Å². The van der Waals surface area contributed by atoms with Crippen LogP contribution in [0.5, 0.6) is 0 Å². The maximum Gasteiger partial charge on any atom is 0.271 e. The minimum atomic E-state index is -0.648. The van der Waals surface area contributed by atoms with E-state index >= 15 is 0 Å². The lowest BCUT2D eigenvalue weighted by Crippen LogP contribution is -2.17. The van der Waals surface area contributed by atoms with Crippen molar-refractivity contribution in [1.29, 1.82) is 0 Å². The molecule has 9 heavy (non-hydrogen) atoms. The summed E-state index contributed by atoms with van der Waals surface area (Å²) >= 11 is 0. The Balaban J connectivity index is 2.89. The van der Waals surface area contributed by atoms with Crippen molar-refractivity contribution in [2.75, 3.05) is 0 Å². The summed E-state index contributed by atoms with van der Waals surface area (Å²) < 4.78 is 0. The van der Waals surface area contributed by atoms with Crippen molar-refractivity contribution < 1.29 is 4.79 Å². The van der Waals surface area contributed by atoms with Crippen LogP contribution in [0.2, 0.25) is 0 Å². The van der Waals surface area contributed by atoms with Gasteiger partial charge < -0.3 is 11.5 Å². The lowest BCUT2D eigenvalue weighted by molar-refractivity contribution is -0.114. The van der Waals surface area contributed by atoms with E-state index in [-0.39, 0.29) is 11.5 Å². The number of carbonyl (C=O) groups excluding carboxylic acids is 1. The Morgan fingerprint density at radius 3 is 2.56 bits per heavy atom. The van der Waals surface area contributed by atoms with E-state index in [2.05, 4.69) is 10.3 Å². The Hall–Kier alpha value is -1.52. The first-order valence-corrected chi connectivity index (χ1v) is 2.25. The molecular weight excluding hydrogens is 120 g/mol. The van der Waals surface area contributed by atoms with Crippen molar-refractivity contribution in [2.45, 2.75) is 0 Å². The van der Waals surface area contributed by atoms with E-state index in [0.29, 0.717) is 0 Å². The van der Waals surface area contributed by atoms with Gasteiger partial charge in [-0.25, -0.2) is 10.3 Å². The Labute approximate surface area is 51.4 Å². The molecule has 1 heterocycles. The molecule has 0 saturated heterocycles. The van der Waals surface area contributed by atoms with Gasteiger partial charge in [0.2, 0.25) is 0 Å². The smallest absolute Gasteiger partial charge is 0.271 e. The van der Waals surface area contributed by atoms with Crippen molar-refractivity contribution in [2.24, 2.45) is 16.5 Å². The van der Waals surface area contributed by atoms with Gasteiger partial charge in [0.1, 0.15) is 6.34 Å². The van der Waals surface area contributed by atoms with Gasteiger partial charge in [-0.15, -0.1) is 0 Å². The molecule has 0 aromatic carbocycles. The maximum atomic E-state index is 10.3. The molecule has 1 amide bonds. The van der Waals surface area contributed by atoms with Gasteiger partial charge in [-0.05, 0) is 0 Å². The SMILES string of the molecule is NC(=O)C1=C(N)[N]C=N1. The highest BCUT2D eigenvalue weighted by Gasteiger charge is 2.12. The van der Waals surface area contributed by atoms with Gasteiger partial charge in [-0.1, -0.05) is 0 Å². The summed E-state index contributed by atoms with van der Waals surface area (Å²) in [5, 5.41) is 3.50. The molecule has 0 atom stereocenters. The number of nitrogens with two attached hydrogens (primary N) is 2. The van der Waals surface area contributed by atoms with E-state index < -0.39 is 5.91 Å². The summed E-state index contributed by atoms with van der Waals surface area (Å²) in [6.45, 7) is 0. The van der Waals surface area contributed by atoms with Crippen LogP contribution >= 0.6 is 0 Å². The van der Waals surface area contributed by atoms with Crippen LogP contribution in [0.1, 0.15) is 0 Å². The molecule has 0 saturated carbocycles. The quantitative estimate of drug-likeness (QED) is 0.434.